The second kappa shape index (κ2) is 21.0. The normalized spacial score (nSPS) is 11.9. The van der Waals surface area contributed by atoms with Crippen LogP contribution in [0.3, 0.4) is 0 Å². The standard InChI is InChI=1S/C23H22ClF3N4O4.C22H20ClF3N4O4/c1-22(2,20(33)35-3)13-31-19(32)11-18(29-17-6-4-5-16(28-17)23(25,26)27)30(21(31)34)12-14-7-9-15(24)10-8-14;1-21(2,19(32)33)12-30-18(31)10-17(28-16-5-3-4-15(27-16)22(24,25)26)29(20(30)34)11-13-6-8-14(23)9-7-13/h4-11H,12-13H2,1-3H3,(H,28,29);3-10H,11-12H2,1-2H3,(H,27,28)(H,32,33). The molecular weight excluding hydrogens is 965 g/mol. The first-order valence-electron chi connectivity index (χ1n) is 20.2. The van der Waals surface area contributed by atoms with Crippen molar-refractivity contribution in [1.29, 1.82) is 0 Å². The molecule has 4 aromatic heterocycles. The molecule has 6 aromatic rings. The Kier molecular flexibility index (Phi) is 16.0. The Balaban J connectivity index is 0.000000258. The van der Waals surface area contributed by atoms with Gasteiger partial charge in [-0.3, -0.25) is 37.4 Å². The Morgan fingerprint density at radius 1 is 0.594 bits per heavy atom. The molecule has 3 N–H and O–H groups in total. The van der Waals surface area contributed by atoms with Crippen LogP contribution < -0.4 is 33.1 Å². The van der Waals surface area contributed by atoms with E-state index in [1.165, 1.54) is 51.5 Å². The molecule has 0 aliphatic rings. The summed E-state index contributed by atoms with van der Waals surface area (Å²) >= 11 is 11.8. The van der Waals surface area contributed by atoms with Crippen LogP contribution in [0.4, 0.5) is 49.6 Å². The summed E-state index contributed by atoms with van der Waals surface area (Å²) < 4.78 is 87.1. The number of anilines is 4. The summed E-state index contributed by atoms with van der Waals surface area (Å²) in [6.45, 7) is 4.96. The van der Waals surface area contributed by atoms with Crippen LogP contribution in [0.2, 0.25) is 10.0 Å². The minimum Gasteiger partial charge on any atom is -0.481 e. The van der Waals surface area contributed by atoms with E-state index in [1.807, 2.05) is 0 Å². The van der Waals surface area contributed by atoms with Crippen LogP contribution in [0.15, 0.2) is 116 Å². The molecule has 0 spiro atoms. The molecule has 0 saturated heterocycles. The largest absolute Gasteiger partial charge is 0.481 e. The molecule has 16 nitrogen and oxygen atoms in total. The van der Waals surface area contributed by atoms with Crippen molar-refractivity contribution in [3.05, 3.63) is 171 Å². The maximum Gasteiger partial charge on any atom is 0.433 e. The van der Waals surface area contributed by atoms with Crippen LogP contribution in [-0.4, -0.2) is 52.4 Å². The Bertz CT molecular complexity index is 3100. The van der Waals surface area contributed by atoms with Gasteiger partial charge in [0.1, 0.15) is 34.7 Å². The quantitative estimate of drug-likeness (QED) is 0.0702. The molecule has 69 heavy (non-hydrogen) atoms. The number of ether oxygens (including phenoxy) is 1. The van der Waals surface area contributed by atoms with Gasteiger partial charge in [-0.25, -0.2) is 19.6 Å². The third-order valence-corrected chi connectivity index (χ3v) is 10.6. The van der Waals surface area contributed by atoms with E-state index in [-0.39, 0.29) is 42.9 Å². The van der Waals surface area contributed by atoms with Crippen molar-refractivity contribution in [2.24, 2.45) is 10.8 Å². The lowest BCUT2D eigenvalue weighted by molar-refractivity contribution is -0.151. The zero-order valence-corrected chi connectivity index (χ0v) is 38.6. The van der Waals surface area contributed by atoms with Crippen LogP contribution in [0.1, 0.15) is 50.2 Å². The van der Waals surface area contributed by atoms with Gasteiger partial charge < -0.3 is 20.5 Å². The van der Waals surface area contributed by atoms with Crippen molar-refractivity contribution in [2.75, 3.05) is 17.7 Å². The molecule has 0 saturated carbocycles. The molecule has 2 aromatic carbocycles. The first-order chi connectivity index (χ1) is 32.1. The van der Waals surface area contributed by atoms with Gasteiger partial charge in [0, 0.05) is 35.3 Å². The average molecular weight is 1010 g/mol. The van der Waals surface area contributed by atoms with E-state index in [9.17, 15) is 60.2 Å². The van der Waals surface area contributed by atoms with E-state index >= 15 is 0 Å². The molecule has 0 unspecified atom stereocenters. The van der Waals surface area contributed by atoms with Crippen LogP contribution in [0, 0.1) is 10.8 Å². The number of rotatable bonds is 14. The second-order valence-electron chi connectivity index (χ2n) is 16.5. The van der Waals surface area contributed by atoms with Crippen LogP contribution in [-0.2, 0) is 52.9 Å². The monoisotopic (exact) mass is 1010 g/mol. The summed E-state index contributed by atoms with van der Waals surface area (Å²) in [5.74, 6) is -2.46. The number of nitrogens with zero attached hydrogens (tertiary/aromatic N) is 6. The van der Waals surface area contributed by atoms with Crippen LogP contribution in [0.5, 0.6) is 0 Å². The number of hydrogen-bond donors (Lipinski definition) is 3. The Hall–Kier alpha value is -7.20. The van der Waals surface area contributed by atoms with Gasteiger partial charge >= 0.3 is 35.7 Å². The summed E-state index contributed by atoms with van der Waals surface area (Å²) in [4.78, 5) is 82.9. The minimum absolute atomic E-state index is 0.0454. The zero-order chi connectivity index (χ0) is 51.2. The highest BCUT2D eigenvalue weighted by Crippen LogP contribution is 2.30. The third-order valence-electron chi connectivity index (χ3n) is 10.1. The molecule has 0 radical (unpaired) electrons. The highest BCUT2D eigenvalue weighted by Gasteiger charge is 2.35. The highest BCUT2D eigenvalue weighted by molar-refractivity contribution is 6.30. The van der Waals surface area contributed by atoms with E-state index < -0.39 is 75.6 Å². The van der Waals surface area contributed by atoms with E-state index in [1.54, 1.807) is 48.5 Å². The van der Waals surface area contributed by atoms with Crippen molar-refractivity contribution in [3.8, 4) is 0 Å². The van der Waals surface area contributed by atoms with Crippen LogP contribution >= 0.6 is 23.2 Å². The molecule has 24 heteroatoms. The topological polar surface area (TPSA) is 201 Å². The summed E-state index contributed by atoms with van der Waals surface area (Å²) in [5.41, 5.74) is -6.88. The number of aliphatic carboxylic acids is 1. The number of carboxylic acids is 1. The van der Waals surface area contributed by atoms with Crippen molar-refractivity contribution in [2.45, 2.75) is 66.2 Å². The number of halogens is 8. The Morgan fingerprint density at radius 3 is 1.29 bits per heavy atom. The molecule has 0 aliphatic carbocycles. The lowest BCUT2D eigenvalue weighted by Gasteiger charge is -2.23. The number of hydrogen-bond acceptors (Lipinski definition) is 11. The SMILES string of the molecule is CC(C)(Cn1c(=O)cc(Nc2cccc(C(F)(F)F)n2)n(Cc2ccc(Cl)cc2)c1=O)C(=O)O.COC(=O)C(C)(C)Cn1c(=O)cc(Nc2cccc(C(F)(F)F)n2)n(Cc2ccc(Cl)cc2)c1=O. The van der Waals surface area contributed by atoms with E-state index in [0.717, 1.165) is 50.1 Å². The molecule has 0 atom stereocenters. The number of carboxylic acid groups (broad SMARTS) is 1. The number of pyridine rings is 2. The number of carbonyl (C=O) groups excluding carboxylic acids is 1. The fourth-order valence-corrected chi connectivity index (χ4v) is 6.62. The van der Waals surface area contributed by atoms with Gasteiger partial charge in [0.2, 0.25) is 0 Å². The molecule has 366 valence electrons. The number of esters is 1. The molecular formula is C45H42Cl2F6N8O8. The molecule has 0 aliphatic heterocycles. The van der Waals surface area contributed by atoms with Gasteiger partial charge in [0.15, 0.2) is 0 Å². The first kappa shape index (κ1) is 52.8. The van der Waals surface area contributed by atoms with E-state index in [2.05, 4.69) is 20.6 Å². The lowest BCUT2D eigenvalue weighted by Crippen LogP contribution is -2.45. The smallest absolute Gasteiger partial charge is 0.433 e. The minimum atomic E-state index is -4.69. The number of methoxy groups -OCH3 is 1. The first-order valence-corrected chi connectivity index (χ1v) is 21.0. The number of nitrogens with one attached hydrogen (secondary N) is 2. The maximum atomic E-state index is 13.4. The van der Waals surface area contributed by atoms with Crippen molar-refractivity contribution in [1.82, 2.24) is 28.2 Å². The number of alkyl halides is 6. The van der Waals surface area contributed by atoms with Gasteiger partial charge in [-0.1, -0.05) is 59.6 Å². The predicted octanol–water partition coefficient (Wildman–Crippen LogP) is 8.05. The Morgan fingerprint density at radius 2 is 0.957 bits per heavy atom. The van der Waals surface area contributed by atoms with Crippen LogP contribution in [0.25, 0.3) is 0 Å². The van der Waals surface area contributed by atoms with Gasteiger partial charge in [0.25, 0.3) is 11.1 Å². The molecule has 4 heterocycles. The lowest BCUT2D eigenvalue weighted by atomic mass is 9.93. The number of aromatic nitrogens is 6. The highest BCUT2D eigenvalue weighted by atomic mass is 35.5. The third kappa shape index (κ3) is 13.5. The van der Waals surface area contributed by atoms with Gasteiger partial charge in [-0.15, -0.1) is 0 Å². The second-order valence-corrected chi connectivity index (χ2v) is 17.4. The summed E-state index contributed by atoms with van der Waals surface area (Å²) in [6.07, 6.45) is -9.37. The predicted molar refractivity (Wildman–Crippen MR) is 243 cm³/mol. The summed E-state index contributed by atoms with van der Waals surface area (Å²) in [7, 11) is 1.20. The van der Waals surface area contributed by atoms with Crippen molar-refractivity contribution in [3.63, 3.8) is 0 Å². The summed E-state index contributed by atoms with van der Waals surface area (Å²) in [6, 6.07) is 21.5. The number of carbonyl (C=O) groups is 2. The number of benzene rings is 2. The molecule has 0 bridgehead atoms. The fourth-order valence-electron chi connectivity index (χ4n) is 6.37. The zero-order valence-electron chi connectivity index (χ0n) is 37.1. The van der Waals surface area contributed by atoms with Gasteiger partial charge in [-0.2, -0.15) is 26.3 Å². The molecule has 0 amide bonds. The van der Waals surface area contributed by atoms with E-state index in [0.29, 0.717) is 21.2 Å². The van der Waals surface area contributed by atoms with E-state index in [4.69, 9.17) is 27.9 Å². The van der Waals surface area contributed by atoms with Gasteiger partial charge in [-0.05, 0) is 87.4 Å². The van der Waals surface area contributed by atoms with Crippen molar-refractivity contribution >= 4 is 58.4 Å². The molecule has 6 rings (SSSR count). The Labute approximate surface area is 397 Å². The average Bonchev–Trinajstić information content (AvgIpc) is 3.27. The van der Waals surface area contributed by atoms with Gasteiger partial charge in [0.05, 0.1) is 31.0 Å². The maximum absolute atomic E-state index is 13.4. The summed E-state index contributed by atoms with van der Waals surface area (Å²) in [5, 5.41) is 15.6. The fraction of sp³-hybridized carbons (Fsp3) is 0.289. The molecule has 0 fully saturated rings. The van der Waals surface area contributed by atoms with Crippen molar-refractivity contribution < 1.29 is 45.8 Å².